The molecular formula is C10H7N7S. The zero-order chi connectivity index (χ0) is 12.1. The van der Waals surface area contributed by atoms with Gasteiger partial charge in [0.2, 0.25) is 5.11 Å². The molecule has 0 spiro atoms. The predicted molar refractivity (Wildman–Crippen MR) is 70.7 cm³/mol. The molecule has 3 aliphatic heterocycles. The molecule has 0 radical (unpaired) electrons. The van der Waals surface area contributed by atoms with Crippen molar-refractivity contribution in [3.8, 4) is 11.5 Å². The zero-order valence-electron chi connectivity index (χ0n) is 9.01. The molecule has 3 N–H and O–H groups in total. The van der Waals surface area contributed by atoms with Gasteiger partial charge in [0, 0.05) is 5.39 Å². The van der Waals surface area contributed by atoms with Gasteiger partial charge in [0.05, 0.1) is 5.52 Å². The molecule has 7 nitrogen and oxygen atoms in total. The highest BCUT2D eigenvalue weighted by Crippen LogP contribution is 2.29. The largest absolute Gasteiger partial charge is 0.273 e. The predicted octanol–water partition coefficient (Wildman–Crippen LogP) is 0.690. The third-order valence-corrected chi connectivity index (χ3v) is 2.96. The summed E-state index contributed by atoms with van der Waals surface area (Å²) in [6.07, 6.45) is 0. The fourth-order valence-corrected chi connectivity index (χ4v) is 2.13. The van der Waals surface area contributed by atoms with Crippen molar-refractivity contribution in [1.29, 1.82) is 0 Å². The van der Waals surface area contributed by atoms with Crippen molar-refractivity contribution in [3.05, 3.63) is 24.3 Å². The molecule has 0 unspecified atom stereocenters. The number of fused-ring (bicyclic) bond motifs is 5. The van der Waals surface area contributed by atoms with Gasteiger partial charge >= 0.3 is 0 Å². The van der Waals surface area contributed by atoms with Crippen LogP contribution < -0.4 is 16.3 Å². The van der Waals surface area contributed by atoms with Gasteiger partial charge in [0.25, 0.3) is 5.95 Å². The summed E-state index contributed by atoms with van der Waals surface area (Å²) in [7, 11) is 0. The van der Waals surface area contributed by atoms with E-state index < -0.39 is 0 Å². The summed E-state index contributed by atoms with van der Waals surface area (Å²) in [6, 6.07) is 7.81. The number of thiocarbonyl (C=S) groups is 1. The van der Waals surface area contributed by atoms with Crippen molar-refractivity contribution < 1.29 is 0 Å². The van der Waals surface area contributed by atoms with Gasteiger partial charge in [-0.2, -0.15) is 4.68 Å². The van der Waals surface area contributed by atoms with Crippen LogP contribution in [0.15, 0.2) is 24.3 Å². The number of benzene rings is 1. The molecule has 8 heteroatoms. The SMILES string of the molecule is S=C1NNc2nnc3c4ccccc4nc-3n2N1. The number of hydrazine groups is 1. The first kappa shape index (κ1) is 9.54. The van der Waals surface area contributed by atoms with Crippen LogP contribution in [0.25, 0.3) is 22.4 Å². The molecule has 1 aromatic carbocycles. The van der Waals surface area contributed by atoms with Gasteiger partial charge in [0.15, 0.2) is 5.82 Å². The van der Waals surface area contributed by atoms with E-state index in [1.807, 2.05) is 24.3 Å². The summed E-state index contributed by atoms with van der Waals surface area (Å²) >= 11 is 5.04. The van der Waals surface area contributed by atoms with Crippen molar-refractivity contribution in [2.24, 2.45) is 0 Å². The average Bonchev–Trinajstić information content (AvgIpc) is 2.78. The van der Waals surface area contributed by atoms with Crippen LogP contribution in [0.3, 0.4) is 0 Å². The smallest absolute Gasteiger partial charge is 0.262 e. The first-order valence-electron chi connectivity index (χ1n) is 5.30. The Bertz CT molecular complexity index is 749. The van der Waals surface area contributed by atoms with E-state index >= 15 is 0 Å². The maximum Gasteiger partial charge on any atom is 0.262 e. The summed E-state index contributed by atoms with van der Waals surface area (Å²) in [5.74, 6) is 1.21. The Morgan fingerprint density at radius 1 is 1.11 bits per heavy atom. The number of hydrogen-bond acceptors (Lipinski definition) is 5. The van der Waals surface area contributed by atoms with Crippen LogP contribution in [-0.2, 0) is 0 Å². The van der Waals surface area contributed by atoms with Gasteiger partial charge in [-0.05, 0) is 18.3 Å². The Hall–Kier alpha value is -2.48. The average molecular weight is 257 g/mol. The second-order valence-electron chi connectivity index (χ2n) is 3.85. The standard InChI is InChI=1S/C10H7N7S/c18-10-15-14-9-13-12-7-5-3-1-2-4-6(5)11-8(7)17(9)16-10/h1-4H,(H,13,14)(H2,15,16,18). The Morgan fingerprint density at radius 3 is 2.94 bits per heavy atom. The lowest BCUT2D eigenvalue weighted by molar-refractivity contribution is 0.797. The van der Waals surface area contributed by atoms with Gasteiger partial charge in [-0.25, -0.2) is 4.98 Å². The topological polar surface area (TPSA) is 79.7 Å². The minimum Gasteiger partial charge on any atom is -0.273 e. The molecule has 0 atom stereocenters. The highest BCUT2D eigenvalue weighted by molar-refractivity contribution is 7.80. The molecule has 0 aromatic heterocycles. The Labute approximate surface area is 107 Å². The molecular weight excluding hydrogens is 250 g/mol. The van der Waals surface area contributed by atoms with Gasteiger partial charge in [0.1, 0.15) is 5.69 Å². The van der Waals surface area contributed by atoms with Crippen LogP contribution in [0.1, 0.15) is 0 Å². The van der Waals surface area contributed by atoms with Gasteiger partial charge in [-0.1, -0.05) is 18.2 Å². The van der Waals surface area contributed by atoms with Gasteiger partial charge in [-0.3, -0.25) is 16.3 Å². The van der Waals surface area contributed by atoms with E-state index in [2.05, 4.69) is 31.5 Å². The molecule has 3 aliphatic rings. The van der Waals surface area contributed by atoms with E-state index in [1.165, 1.54) is 0 Å². The quantitative estimate of drug-likeness (QED) is 0.511. The molecule has 18 heavy (non-hydrogen) atoms. The monoisotopic (exact) mass is 257 g/mol. The van der Waals surface area contributed by atoms with Crippen molar-refractivity contribution in [2.45, 2.75) is 0 Å². The molecule has 0 aliphatic carbocycles. The van der Waals surface area contributed by atoms with Crippen LogP contribution in [0.4, 0.5) is 5.95 Å². The van der Waals surface area contributed by atoms with Crippen molar-refractivity contribution in [2.75, 3.05) is 10.9 Å². The minimum absolute atomic E-state index is 0.453. The van der Waals surface area contributed by atoms with E-state index in [4.69, 9.17) is 12.2 Å². The highest BCUT2D eigenvalue weighted by Gasteiger charge is 2.23. The molecule has 0 saturated heterocycles. The van der Waals surface area contributed by atoms with Crippen LogP contribution >= 0.6 is 12.2 Å². The summed E-state index contributed by atoms with van der Waals surface area (Å²) in [5, 5.41) is 9.70. The summed E-state index contributed by atoms with van der Waals surface area (Å²) in [6.45, 7) is 0. The van der Waals surface area contributed by atoms with Crippen LogP contribution in [0, 0.1) is 0 Å². The zero-order valence-corrected chi connectivity index (χ0v) is 9.82. The van der Waals surface area contributed by atoms with Crippen LogP contribution in [-0.4, -0.2) is 25.0 Å². The molecule has 4 rings (SSSR count). The number of nitrogens with one attached hydrogen (secondary N) is 3. The highest BCUT2D eigenvalue weighted by atomic mass is 32.1. The van der Waals surface area contributed by atoms with E-state index in [1.54, 1.807) is 4.68 Å². The molecule has 0 fully saturated rings. The normalized spacial score (nSPS) is 13.9. The van der Waals surface area contributed by atoms with E-state index in [0.717, 1.165) is 16.6 Å². The maximum absolute atomic E-state index is 5.04. The summed E-state index contributed by atoms with van der Waals surface area (Å²) in [4.78, 5) is 4.53. The number of aromatic nitrogens is 4. The molecule has 1 aromatic rings. The maximum atomic E-state index is 5.04. The lowest BCUT2D eigenvalue weighted by Gasteiger charge is -2.23. The van der Waals surface area contributed by atoms with Crippen molar-refractivity contribution in [1.82, 2.24) is 25.3 Å². The minimum atomic E-state index is 0.453. The van der Waals surface area contributed by atoms with E-state index in [9.17, 15) is 0 Å². The van der Waals surface area contributed by atoms with Crippen molar-refractivity contribution in [3.63, 3.8) is 0 Å². The summed E-state index contributed by atoms with van der Waals surface area (Å²) < 4.78 is 1.68. The number of anilines is 1. The fraction of sp³-hybridized carbons (Fsp3) is 0. The van der Waals surface area contributed by atoms with E-state index in [0.29, 0.717) is 16.9 Å². The van der Waals surface area contributed by atoms with Crippen LogP contribution in [0.2, 0.25) is 0 Å². The third-order valence-electron chi connectivity index (χ3n) is 2.77. The molecule has 0 bridgehead atoms. The Balaban J connectivity index is 2.08. The Morgan fingerprint density at radius 2 is 2.00 bits per heavy atom. The van der Waals surface area contributed by atoms with E-state index in [-0.39, 0.29) is 0 Å². The molecule has 3 heterocycles. The summed E-state index contributed by atoms with van der Waals surface area (Å²) in [5.41, 5.74) is 10.2. The van der Waals surface area contributed by atoms with Gasteiger partial charge in [-0.15, -0.1) is 10.2 Å². The first-order chi connectivity index (χ1) is 8.83. The second-order valence-corrected chi connectivity index (χ2v) is 4.26. The fourth-order valence-electron chi connectivity index (χ4n) is 1.98. The van der Waals surface area contributed by atoms with Gasteiger partial charge < -0.3 is 0 Å². The number of rotatable bonds is 0. The second kappa shape index (κ2) is 3.26. The van der Waals surface area contributed by atoms with Crippen molar-refractivity contribution >= 4 is 34.2 Å². The number of para-hydroxylation sites is 1. The molecule has 0 saturated carbocycles. The number of hydrogen-bond donors (Lipinski definition) is 3. The molecule has 88 valence electrons. The lowest BCUT2D eigenvalue weighted by atomic mass is 10.2. The molecule has 0 amide bonds. The lowest BCUT2D eigenvalue weighted by Crippen LogP contribution is -2.45. The Kier molecular flexibility index (Phi) is 1.73. The van der Waals surface area contributed by atoms with Crippen LogP contribution in [0.5, 0.6) is 0 Å². The third kappa shape index (κ3) is 1.17. The first-order valence-corrected chi connectivity index (χ1v) is 5.70. The number of nitrogens with zero attached hydrogens (tertiary/aromatic N) is 4.